The molecule has 3 heterocycles. The van der Waals surface area contributed by atoms with Crippen LogP contribution in [0.1, 0.15) is 17.5 Å². The molecule has 0 saturated heterocycles. The monoisotopic (exact) mass is 416 g/mol. The number of aliphatic carboxylic acids is 1. The number of hydrogen-bond acceptors (Lipinski definition) is 6. The van der Waals surface area contributed by atoms with Crippen LogP contribution in [0.5, 0.6) is 11.5 Å². The summed E-state index contributed by atoms with van der Waals surface area (Å²) in [5.74, 6) is 1.55. The minimum atomic E-state index is -0.795. The summed E-state index contributed by atoms with van der Waals surface area (Å²) in [6.45, 7) is 0.858. The largest absolute Gasteiger partial charge is 0.481 e. The lowest BCUT2D eigenvalue weighted by atomic mass is 10.0. The molecule has 8 heteroatoms. The van der Waals surface area contributed by atoms with Gasteiger partial charge in [0.1, 0.15) is 5.82 Å². The van der Waals surface area contributed by atoms with Gasteiger partial charge in [0.2, 0.25) is 6.79 Å². The zero-order valence-electron chi connectivity index (χ0n) is 16.6. The van der Waals surface area contributed by atoms with Crippen molar-refractivity contribution < 1.29 is 19.4 Å². The number of hydrogen-bond donors (Lipinski definition) is 2. The zero-order valence-corrected chi connectivity index (χ0v) is 16.6. The average molecular weight is 416 g/mol. The molecule has 156 valence electrons. The Morgan fingerprint density at radius 2 is 1.87 bits per heavy atom. The molecule has 0 unspecified atom stereocenters. The number of rotatable bonds is 7. The first-order valence-electron chi connectivity index (χ1n) is 9.93. The van der Waals surface area contributed by atoms with Crippen molar-refractivity contribution in [2.75, 3.05) is 12.1 Å². The molecule has 0 saturated carbocycles. The van der Waals surface area contributed by atoms with E-state index in [1.807, 2.05) is 48.5 Å². The summed E-state index contributed by atoms with van der Waals surface area (Å²) >= 11 is 0. The number of benzene rings is 2. The minimum Gasteiger partial charge on any atom is -0.481 e. The Hall–Kier alpha value is -4.07. The second kappa shape index (κ2) is 7.98. The second-order valence-corrected chi connectivity index (χ2v) is 7.26. The van der Waals surface area contributed by atoms with Gasteiger partial charge in [-0.15, -0.1) is 0 Å². The number of nitrogens with zero attached hydrogens (tertiary/aromatic N) is 3. The van der Waals surface area contributed by atoms with Gasteiger partial charge in [-0.1, -0.05) is 30.3 Å². The predicted octanol–water partition coefficient (Wildman–Crippen LogP) is 3.75. The lowest BCUT2D eigenvalue weighted by molar-refractivity contribution is -0.136. The average Bonchev–Trinajstić information content (AvgIpc) is 3.43. The molecule has 2 aromatic heterocycles. The third-order valence-corrected chi connectivity index (χ3v) is 5.20. The summed E-state index contributed by atoms with van der Waals surface area (Å²) in [6.07, 6.45) is 4.18. The summed E-state index contributed by atoms with van der Waals surface area (Å²) < 4.78 is 12.6. The van der Waals surface area contributed by atoms with Gasteiger partial charge in [0, 0.05) is 24.7 Å². The fourth-order valence-electron chi connectivity index (χ4n) is 3.57. The van der Waals surface area contributed by atoms with Gasteiger partial charge in [0.15, 0.2) is 17.1 Å². The van der Waals surface area contributed by atoms with Gasteiger partial charge in [0.05, 0.1) is 6.20 Å². The van der Waals surface area contributed by atoms with Crippen LogP contribution < -0.4 is 14.8 Å². The smallest absolute Gasteiger partial charge is 0.303 e. The van der Waals surface area contributed by atoms with E-state index in [9.17, 15) is 4.79 Å². The highest BCUT2D eigenvalue weighted by Gasteiger charge is 2.14. The van der Waals surface area contributed by atoms with E-state index in [1.165, 1.54) is 0 Å². The molecule has 0 aliphatic carbocycles. The van der Waals surface area contributed by atoms with E-state index >= 15 is 0 Å². The Kier molecular flexibility index (Phi) is 4.87. The second-order valence-electron chi connectivity index (χ2n) is 7.26. The highest BCUT2D eigenvalue weighted by atomic mass is 16.7. The quantitative estimate of drug-likeness (QED) is 0.473. The first kappa shape index (κ1) is 18.9. The Balaban J connectivity index is 1.35. The number of carboxylic acids is 1. The van der Waals surface area contributed by atoms with Crippen molar-refractivity contribution >= 4 is 17.4 Å². The molecule has 31 heavy (non-hydrogen) atoms. The molecule has 0 bridgehead atoms. The molecule has 5 rings (SSSR count). The van der Waals surface area contributed by atoms with Gasteiger partial charge in [0.25, 0.3) is 0 Å². The van der Waals surface area contributed by atoms with Crippen LogP contribution in [0.3, 0.4) is 0 Å². The van der Waals surface area contributed by atoms with E-state index in [2.05, 4.69) is 15.4 Å². The van der Waals surface area contributed by atoms with Gasteiger partial charge < -0.3 is 19.9 Å². The molecule has 8 nitrogen and oxygen atoms in total. The van der Waals surface area contributed by atoms with E-state index in [-0.39, 0.29) is 13.2 Å². The maximum Gasteiger partial charge on any atom is 0.303 e. The standard InChI is InChI=1S/C23H20N4O4/c28-22(29)8-4-15-1-5-17(6-2-15)18-13-26-27-21(9-10-24-23(18)27)25-12-16-3-7-19-20(11-16)31-14-30-19/h1-3,5-7,9-11,13,25H,4,8,12,14H2,(H,28,29). The van der Waals surface area contributed by atoms with Gasteiger partial charge >= 0.3 is 5.97 Å². The van der Waals surface area contributed by atoms with Crippen LogP contribution in [0.15, 0.2) is 60.9 Å². The van der Waals surface area contributed by atoms with Crippen molar-refractivity contribution in [3.63, 3.8) is 0 Å². The summed E-state index contributed by atoms with van der Waals surface area (Å²) in [5.41, 5.74) is 4.69. The van der Waals surface area contributed by atoms with Gasteiger partial charge in [-0.05, 0) is 41.3 Å². The van der Waals surface area contributed by atoms with Crippen LogP contribution >= 0.6 is 0 Å². The Morgan fingerprint density at radius 1 is 1.06 bits per heavy atom. The Bertz CT molecular complexity index is 1250. The number of carboxylic acid groups (broad SMARTS) is 1. The van der Waals surface area contributed by atoms with Crippen molar-refractivity contribution in [3.8, 4) is 22.6 Å². The fourth-order valence-corrected chi connectivity index (χ4v) is 3.57. The molecule has 0 radical (unpaired) electrons. The lowest BCUT2D eigenvalue weighted by Gasteiger charge is -2.09. The van der Waals surface area contributed by atoms with Gasteiger partial charge in [-0.3, -0.25) is 4.79 Å². The maximum absolute atomic E-state index is 10.8. The number of aromatic nitrogens is 3. The normalized spacial score (nSPS) is 12.3. The van der Waals surface area contributed by atoms with E-state index < -0.39 is 5.97 Å². The number of carbonyl (C=O) groups is 1. The van der Waals surface area contributed by atoms with E-state index in [4.69, 9.17) is 14.6 Å². The lowest BCUT2D eigenvalue weighted by Crippen LogP contribution is -2.05. The fraction of sp³-hybridized carbons (Fsp3) is 0.174. The molecule has 0 amide bonds. The molecule has 0 spiro atoms. The molecule has 1 aliphatic heterocycles. The van der Waals surface area contributed by atoms with Gasteiger partial charge in [-0.25, -0.2) is 4.98 Å². The van der Waals surface area contributed by atoms with Crippen molar-refractivity contribution in [2.45, 2.75) is 19.4 Å². The van der Waals surface area contributed by atoms with Crippen LogP contribution in [-0.4, -0.2) is 32.5 Å². The summed E-state index contributed by atoms with van der Waals surface area (Å²) in [7, 11) is 0. The summed E-state index contributed by atoms with van der Waals surface area (Å²) in [5, 5.41) is 16.8. The van der Waals surface area contributed by atoms with Crippen LogP contribution in [0.2, 0.25) is 0 Å². The minimum absolute atomic E-state index is 0.121. The van der Waals surface area contributed by atoms with E-state index in [0.29, 0.717) is 13.0 Å². The zero-order chi connectivity index (χ0) is 21.2. The van der Waals surface area contributed by atoms with E-state index in [0.717, 1.165) is 45.2 Å². The highest BCUT2D eigenvalue weighted by molar-refractivity contribution is 5.78. The Morgan fingerprint density at radius 3 is 2.71 bits per heavy atom. The maximum atomic E-state index is 10.8. The van der Waals surface area contributed by atoms with Crippen LogP contribution in [0.4, 0.5) is 5.82 Å². The molecular weight excluding hydrogens is 396 g/mol. The molecule has 2 aromatic carbocycles. The summed E-state index contributed by atoms with van der Waals surface area (Å²) in [6, 6.07) is 15.6. The summed E-state index contributed by atoms with van der Waals surface area (Å²) in [4.78, 5) is 15.3. The predicted molar refractivity (Wildman–Crippen MR) is 114 cm³/mol. The topological polar surface area (TPSA) is 98.0 Å². The van der Waals surface area contributed by atoms with E-state index in [1.54, 1.807) is 16.9 Å². The molecule has 2 N–H and O–H groups in total. The highest BCUT2D eigenvalue weighted by Crippen LogP contribution is 2.32. The third kappa shape index (κ3) is 3.87. The molecule has 0 fully saturated rings. The SMILES string of the molecule is O=C(O)CCc1ccc(-c2cnn3c(NCc4ccc5c(c4)OCO5)ccnc23)cc1. The number of anilines is 1. The molecule has 1 aliphatic rings. The van der Waals surface area contributed by atoms with Crippen molar-refractivity contribution in [1.29, 1.82) is 0 Å². The van der Waals surface area contributed by atoms with Crippen molar-refractivity contribution in [2.24, 2.45) is 0 Å². The number of nitrogens with one attached hydrogen (secondary N) is 1. The van der Waals surface area contributed by atoms with Crippen LogP contribution in [-0.2, 0) is 17.8 Å². The first-order valence-corrected chi connectivity index (χ1v) is 9.93. The van der Waals surface area contributed by atoms with Crippen LogP contribution in [0, 0.1) is 0 Å². The number of aryl methyl sites for hydroxylation is 1. The first-order chi connectivity index (χ1) is 15.2. The number of ether oxygens (including phenoxy) is 2. The van der Waals surface area contributed by atoms with Crippen molar-refractivity contribution in [3.05, 3.63) is 72.1 Å². The Labute approximate surface area is 178 Å². The molecule has 4 aromatic rings. The van der Waals surface area contributed by atoms with Crippen LogP contribution in [0.25, 0.3) is 16.8 Å². The molecular formula is C23H20N4O4. The third-order valence-electron chi connectivity index (χ3n) is 5.20. The number of fused-ring (bicyclic) bond motifs is 2. The van der Waals surface area contributed by atoms with Gasteiger partial charge in [-0.2, -0.15) is 9.61 Å². The molecule has 0 atom stereocenters. The van der Waals surface area contributed by atoms with Crippen molar-refractivity contribution in [1.82, 2.24) is 14.6 Å².